The van der Waals surface area contributed by atoms with Crippen molar-refractivity contribution in [3.63, 3.8) is 0 Å². The Morgan fingerprint density at radius 1 is 1.20 bits per heavy atom. The SMILES string of the molecule is CC(C)c1ccnn1C1(C(=O)Nc2ccc(Cl)cc2OC(F)F)CCN(C[C@@]2(C(=O)O)CCOC(C)(C)C2)CC1. The summed E-state index contributed by atoms with van der Waals surface area (Å²) in [6.07, 6.45) is 3.13. The molecule has 0 aliphatic carbocycles. The van der Waals surface area contributed by atoms with Gasteiger partial charge in [-0.15, -0.1) is 0 Å². The Bertz CT molecular complexity index is 1230. The van der Waals surface area contributed by atoms with Crippen molar-refractivity contribution < 1.29 is 33.0 Å². The number of amides is 1. The van der Waals surface area contributed by atoms with Gasteiger partial charge in [-0.25, -0.2) is 0 Å². The van der Waals surface area contributed by atoms with E-state index in [2.05, 4.69) is 20.1 Å². The van der Waals surface area contributed by atoms with Crippen molar-refractivity contribution in [1.82, 2.24) is 14.7 Å². The van der Waals surface area contributed by atoms with Crippen molar-refractivity contribution in [2.24, 2.45) is 5.41 Å². The van der Waals surface area contributed by atoms with E-state index in [1.54, 1.807) is 10.9 Å². The zero-order valence-corrected chi connectivity index (χ0v) is 24.0. The number of ether oxygens (including phenoxy) is 2. The number of carboxylic acids is 1. The van der Waals surface area contributed by atoms with Crippen LogP contribution in [0.5, 0.6) is 5.75 Å². The molecule has 1 atom stereocenters. The number of carbonyl (C=O) groups is 2. The van der Waals surface area contributed by atoms with Gasteiger partial charge in [0.2, 0.25) is 0 Å². The molecule has 1 amide bonds. The second kappa shape index (κ2) is 11.6. The van der Waals surface area contributed by atoms with Crippen molar-refractivity contribution in [1.29, 1.82) is 0 Å². The van der Waals surface area contributed by atoms with Gasteiger partial charge in [-0.3, -0.25) is 14.3 Å². The first kappa shape index (κ1) is 30.2. The van der Waals surface area contributed by atoms with E-state index in [9.17, 15) is 23.5 Å². The molecule has 40 heavy (non-hydrogen) atoms. The molecule has 1 aromatic heterocycles. The number of alkyl halides is 2. The maximum atomic E-state index is 14.1. The molecule has 0 spiro atoms. The number of rotatable bonds is 9. The number of hydrogen-bond acceptors (Lipinski definition) is 6. The fourth-order valence-electron chi connectivity index (χ4n) is 6.05. The quantitative estimate of drug-likeness (QED) is 0.410. The number of aromatic nitrogens is 2. The number of nitrogens with zero attached hydrogens (tertiary/aromatic N) is 3. The topological polar surface area (TPSA) is 106 Å². The number of carboxylic acid groups (broad SMARTS) is 1. The van der Waals surface area contributed by atoms with Gasteiger partial charge in [0.15, 0.2) is 5.75 Å². The molecule has 3 heterocycles. The Hall–Kier alpha value is -2.76. The summed E-state index contributed by atoms with van der Waals surface area (Å²) in [5.41, 5.74) is -1.70. The van der Waals surface area contributed by atoms with Crippen molar-refractivity contribution >= 4 is 29.2 Å². The maximum Gasteiger partial charge on any atom is 0.387 e. The van der Waals surface area contributed by atoms with Gasteiger partial charge in [0.25, 0.3) is 5.91 Å². The standard InChI is InChI=1S/C28H37ClF2N4O5/c1-18(2)21-7-11-32-35(21)28(23(36)33-20-6-5-19(29)15-22(20)40-25(30)31)8-12-34(13-9-28)17-27(24(37)38)10-14-39-26(3,4)16-27/h5-7,11,15,18,25H,8-10,12-14,16-17H2,1-4H3,(H,33,36)(H,37,38)/t27-/m1/s1. The number of halogens is 3. The third-order valence-electron chi connectivity index (χ3n) is 8.00. The highest BCUT2D eigenvalue weighted by atomic mass is 35.5. The van der Waals surface area contributed by atoms with Crippen LogP contribution in [0.15, 0.2) is 30.5 Å². The highest BCUT2D eigenvalue weighted by Crippen LogP contribution is 2.42. The van der Waals surface area contributed by atoms with Crippen LogP contribution in [-0.4, -0.2) is 70.1 Å². The van der Waals surface area contributed by atoms with Crippen LogP contribution in [0.1, 0.15) is 65.0 Å². The van der Waals surface area contributed by atoms with Crippen molar-refractivity contribution in [2.75, 3.05) is 31.6 Å². The molecule has 12 heteroatoms. The Morgan fingerprint density at radius 2 is 1.90 bits per heavy atom. The molecule has 1 aromatic carbocycles. The first-order valence-electron chi connectivity index (χ1n) is 13.5. The molecule has 0 radical (unpaired) electrons. The Balaban J connectivity index is 1.62. The van der Waals surface area contributed by atoms with Gasteiger partial charge < -0.3 is 24.8 Å². The molecule has 2 saturated heterocycles. The first-order chi connectivity index (χ1) is 18.8. The summed E-state index contributed by atoms with van der Waals surface area (Å²) >= 11 is 5.99. The van der Waals surface area contributed by atoms with Crippen LogP contribution in [0.4, 0.5) is 14.5 Å². The minimum Gasteiger partial charge on any atom is -0.481 e. The van der Waals surface area contributed by atoms with Crippen molar-refractivity contribution in [3.05, 3.63) is 41.2 Å². The predicted molar refractivity (Wildman–Crippen MR) is 146 cm³/mol. The van der Waals surface area contributed by atoms with Gasteiger partial charge in [-0.2, -0.15) is 13.9 Å². The summed E-state index contributed by atoms with van der Waals surface area (Å²) in [4.78, 5) is 28.6. The summed E-state index contributed by atoms with van der Waals surface area (Å²) in [6, 6.07) is 6.01. The summed E-state index contributed by atoms with van der Waals surface area (Å²) in [5.74, 6) is -1.43. The van der Waals surface area contributed by atoms with Crippen molar-refractivity contribution in [2.45, 2.75) is 77.0 Å². The molecule has 9 nitrogen and oxygen atoms in total. The van der Waals surface area contributed by atoms with Crippen LogP contribution in [0.2, 0.25) is 5.02 Å². The van der Waals surface area contributed by atoms with Crippen LogP contribution in [-0.2, 0) is 19.9 Å². The molecular formula is C28H37ClF2N4O5. The normalized spacial score (nSPS) is 22.8. The molecule has 4 rings (SSSR count). The summed E-state index contributed by atoms with van der Waals surface area (Å²) in [6.45, 7) is 6.33. The fraction of sp³-hybridized carbons (Fsp3) is 0.607. The lowest BCUT2D eigenvalue weighted by Crippen LogP contribution is -2.57. The second-order valence-electron chi connectivity index (χ2n) is 11.7. The minimum absolute atomic E-state index is 0.0678. The number of anilines is 1. The van der Waals surface area contributed by atoms with E-state index in [4.69, 9.17) is 16.3 Å². The minimum atomic E-state index is -3.10. The van der Waals surface area contributed by atoms with Gasteiger partial charge in [0.05, 0.1) is 16.7 Å². The molecule has 2 aromatic rings. The van der Waals surface area contributed by atoms with Gasteiger partial charge in [0, 0.05) is 49.2 Å². The smallest absolute Gasteiger partial charge is 0.387 e. The van der Waals surface area contributed by atoms with E-state index in [1.165, 1.54) is 18.2 Å². The van der Waals surface area contributed by atoms with Gasteiger partial charge >= 0.3 is 12.6 Å². The van der Waals surface area contributed by atoms with E-state index in [0.29, 0.717) is 51.9 Å². The zero-order chi connectivity index (χ0) is 29.3. The summed E-state index contributed by atoms with van der Waals surface area (Å²) < 4.78 is 38.3. The number of benzene rings is 1. The van der Waals surface area contributed by atoms with Gasteiger partial charge in [-0.1, -0.05) is 25.4 Å². The van der Waals surface area contributed by atoms with Crippen LogP contribution in [0.25, 0.3) is 0 Å². The lowest BCUT2D eigenvalue weighted by molar-refractivity contribution is -0.170. The van der Waals surface area contributed by atoms with Gasteiger partial charge in [-0.05, 0) is 63.6 Å². The number of hydrogen-bond donors (Lipinski definition) is 2. The maximum absolute atomic E-state index is 14.1. The highest BCUT2D eigenvalue weighted by molar-refractivity contribution is 6.30. The molecular weight excluding hydrogens is 546 g/mol. The number of nitrogens with one attached hydrogen (secondary N) is 1. The van der Waals surface area contributed by atoms with Crippen molar-refractivity contribution in [3.8, 4) is 5.75 Å². The average Bonchev–Trinajstić information content (AvgIpc) is 3.36. The second-order valence-corrected chi connectivity index (χ2v) is 12.2. The molecule has 2 N–H and O–H groups in total. The van der Waals surface area contributed by atoms with Crippen LogP contribution < -0.4 is 10.1 Å². The lowest BCUT2D eigenvalue weighted by Gasteiger charge is -2.47. The third kappa shape index (κ3) is 6.26. The fourth-order valence-corrected chi connectivity index (χ4v) is 6.21. The molecule has 220 valence electrons. The largest absolute Gasteiger partial charge is 0.481 e. The molecule has 0 unspecified atom stereocenters. The van der Waals surface area contributed by atoms with Gasteiger partial charge in [0.1, 0.15) is 5.54 Å². The average molecular weight is 583 g/mol. The van der Waals surface area contributed by atoms with Crippen LogP contribution >= 0.6 is 11.6 Å². The van der Waals surface area contributed by atoms with Crippen LogP contribution in [0.3, 0.4) is 0 Å². The number of likely N-dealkylation sites (tertiary alicyclic amines) is 1. The number of piperidine rings is 1. The van der Waals surface area contributed by atoms with Crippen LogP contribution in [0, 0.1) is 5.41 Å². The predicted octanol–water partition coefficient (Wildman–Crippen LogP) is 5.35. The van der Waals surface area contributed by atoms with E-state index in [1.807, 2.05) is 33.8 Å². The molecule has 0 saturated carbocycles. The first-order valence-corrected chi connectivity index (χ1v) is 13.8. The molecule has 2 fully saturated rings. The van der Waals surface area contributed by atoms with E-state index in [0.717, 1.165) is 5.69 Å². The number of carbonyl (C=O) groups excluding carboxylic acids is 1. The Labute approximate surface area is 237 Å². The molecule has 0 bridgehead atoms. The van der Waals surface area contributed by atoms with E-state index in [-0.39, 0.29) is 22.4 Å². The summed E-state index contributed by atoms with van der Waals surface area (Å²) in [5, 5.41) is 17.7. The Kier molecular flexibility index (Phi) is 8.77. The highest BCUT2D eigenvalue weighted by Gasteiger charge is 2.50. The number of aliphatic carboxylic acids is 1. The molecule has 2 aliphatic heterocycles. The molecule has 2 aliphatic rings. The lowest BCUT2D eigenvalue weighted by atomic mass is 9.73. The third-order valence-corrected chi connectivity index (χ3v) is 8.24. The van der Waals surface area contributed by atoms with E-state index >= 15 is 0 Å². The zero-order valence-electron chi connectivity index (χ0n) is 23.3. The summed E-state index contributed by atoms with van der Waals surface area (Å²) in [7, 11) is 0. The monoisotopic (exact) mass is 582 g/mol. The van der Waals surface area contributed by atoms with E-state index < -0.39 is 35.0 Å². The Morgan fingerprint density at radius 3 is 2.50 bits per heavy atom.